The van der Waals surface area contributed by atoms with Crippen LogP contribution in [-0.4, -0.2) is 43.6 Å². The summed E-state index contributed by atoms with van der Waals surface area (Å²) in [5.74, 6) is 0.643. The molecule has 2 aromatic carbocycles. The van der Waals surface area contributed by atoms with Crippen molar-refractivity contribution in [1.82, 2.24) is 10.2 Å². The van der Waals surface area contributed by atoms with Gasteiger partial charge >= 0.3 is 0 Å². The molecule has 25 heavy (non-hydrogen) atoms. The number of ether oxygens (including phenoxy) is 1. The molecule has 0 radical (unpaired) electrons. The highest BCUT2D eigenvalue weighted by atomic mass is 19.1. The minimum atomic E-state index is -0.330. The zero-order valence-electron chi connectivity index (χ0n) is 14.2. The van der Waals surface area contributed by atoms with Crippen LogP contribution >= 0.6 is 0 Å². The molecular weight excluding hydrogens is 319 g/mol. The first-order valence-electron chi connectivity index (χ1n) is 8.63. The van der Waals surface area contributed by atoms with E-state index < -0.39 is 0 Å². The summed E-state index contributed by atoms with van der Waals surface area (Å²) in [6.45, 7) is 2.99. The SMILES string of the molecule is O=C(CN1CC[C@H](c2ccccc2)C1)NCCOc1cccc(F)c1. The average Bonchev–Trinajstić information content (AvgIpc) is 3.08. The number of nitrogens with zero attached hydrogens (tertiary/aromatic N) is 1. The maximum Gasteiger partial charge on any atom is 0.234 e. The molecule has 0 aliphatic carbocycles. The summed E-state index contributed by atoms with van der Waals surface area (Å²) >= 11 is 0. The molecule has 1 N–H and O–H groups in total. The average molecular weight is 342 g/mol. The second-order valence-electron chi connectivity index (χ2n) is 6.29. The summed E-state index contributed by atoms with van der Waals surface area (Å²) in [5.41, 5.74) is 1.34. The summed E-state index contributed by atoms with van der Waals surface area (Å²) in [6, 6.07) is 16.4. The fourth-order valence-electron chi connectivity index (χ4n) is 3.15. The van der Waals surface area contributed by atoms with E-state index in [4.69, 9.17) is 4.74 Å². The van der Waals surface area contributed by atoms with Crippen LogP contribution in [0.2, 0.25) is 0 Å². The van der Waals surface area contributed by atoms with E-state index in [-0.39, 0.29) is 11.7 Å². The van der Waals surface area contributed by atoms with Gasteiger partial charge in [0.2, 0.25) is 5.91 Å². The lowest BCUT2D eigenvalue weighted by molar-refractivity contribution is -0.122. The monoisotopic (exact) mass is 342 g/mol. The second kappa shape index (κ2) is 8.62. The van der Waals surface area contributed by atoms with Crippen LogP contribution in [0.3, 0.4) is 0 Å². The highest BCUT2D eigenvalue weighted by Crippen LogP contribution is 2.26. The first-order valence-corrected chi connectivity index (χ1v) is 8.63. The zero-order chi connectivity index (χ0) is 17.5. The van der Waals surface area contributed by atoms with Gasteiger partial charge in [-0.15, -0.1) is 0 Å². The summed E-state index contributed by atoms with van der Waals surface area (Å²) in [5, 5.41) is 2.85. The fourth-order valence-corrected chi connectivity index (χ4v) is 3.15. The molecule has 0 spiro atoms. The number of nitrogens with one attached hydrogen (secondary N) is 1. The first kappa shape index (κ1) is 17.4. The van der Waals surface area contributed by atoms with E-state index in [1.54, 1.807) is 12.1 Å². The molecule has 0 bridgehead atoms. The Labute approximate surface area is 147 Å². The van der Waals surface area contributed by atoms with Crippen molar-refractivity contribution >= 4 is 5.91 Å². The predicted octanol–water partition coefficient (Wildman–Crippen LogP) is 2.81. The van der Waals surface area contributed by atoms with Crippen molar-refractivity contribution in [3.63, 3.8) is 0 Å². The quantitative estimate of drug-likeness (QED) is 0.787. The van der Waals surface area contributed by atoms with E-state index in [2.05, 4.69) is 34.5 Å². The molecule has 4 nitrogen and oxygen atoms in total. The second-order valence-corrected chi connectivity index (χ2v) is 6.29. The number of likely N-dealkylation sites (tertiary alicyclic amines) is 1. The lowest BCUT2D eigenvalue weighted by atomic mass is 9.99. The molecule has 5 heteroatoms. The van der Waals surface area contributed by atoms with Gasteiger partial charge in [-0.1, -0.05) is 36.4 Å². The van der Waals surface area contributed by atoms with Crippen LogP contribution < -0.4 is 10.1 Å². The van der Waals surface area contributed by atoms with Crippen molar-refractivity contribution in [2.45, 2.75) is 12.3 Å². The largest absolute Gasteiger partial charge is 0.492 e. The maximum absolute atomic E-state index is 13.0. The van der Waals surface area contributed by atoms with Crippen molar-refractivity contribution in [2.75, 3.05) is 32.8 Å². The molecule has 1 saturated heterocycles. The van der Waals surface area contributed by atoms with Crippen LogP contribution in [0.4, 0.5) is 4.39 Å². The van der Waals surface area contributed by atoms with Gasteiger partial charge in [0.15, 0.2) is 0 Å². The topological polar surface area (TPSA) is 41.6 Å². The molecule has 1 heterocycles. The molecule has 0 aromatic heterocycles. The summed E-state index contributed by atoms with van der Waals surface area (Å²) in [7, 11) is 0. The standard InChI is InChI=1S/C20H23FN2O2/c21-18-7-4-8-19(13-18)25-12-10-22-20(24)15-23-11-9-17(14-23)16-5-2-1-3-6-16/h1-8,13,17H,9-12,14-15H2,(H,22,24)/t17-/m0/s1. The van der Waals surface area contributed by atoms with Crippen molar-refractivity contribution in [3.8, 4) is 5.75 Å². The first-order chi connectivity index (χ1) is 12.2. The fraction of sp³-hybridized carbons (Fsp3) is 0.350. The van der Waals surface area contributed by atoms with E-state index in [1.807, 2.05) is 6.07 Å². The van der Waals surface area contributed by atoms with Gasteiger partial charge in [-0.2, -0.15) is 0 Å². The van der Waals surface area contributed by atoms with Gasteiger partial charge in [-0.05, 0) is 36.6 Å². The lowest BCUT2D eigenvalue weighted by Gasteiger charge is -2.16. The Morgan fingerprint density at radius 1 is 1.20 bits per heavy atom. The van der Waals surface area contributed by atoms with Crippen LogP contribution in [0.25, 0.3) is 0 Å². The number of hydrogen-bond donors (Lipinski definition) is 1. The Hall–Kier alpha value is -2.40. The molecule has 1 aliphatic heterocycles. The van der Waals surface area contributed by atoms with E-state index in [0.717, 1.165) is 19.5 Å². The Balaban J connectivity index is 1.34. The number of benzene rings is 2. The molecule has 132 valence electrons. The third-order valence-corrected chi connectivity index (χ3v) is 4.40. The van der Waals surface area contributed by atoms with Gasteiger partial charge in [0.05, 0.1) is 13.1 Å². The minimum Gasteiger partial charge on any atom is -0.492 e. The molecule has 1 atom stereocenters. The molecule has 0 saturated carbocycles. The van der Waals surface area contributed by atoms with Gasteiger partial charge in [-0.25, -0.2) is 4.39 Å². The van der Waals surface area contributed by atoms with Crippen molar-refractivity contribution in [3.05, 3.63) is 66.0 Å². The smallest absolute Gasteiger partial charge is 0.234 e. The lowest BCUT2D eigenvalue weighted by Crippen LogP contribution is -2.37. The van der Waals surface area contributed by atoms with Gasteiger partial charge in [0, 0.05) is 12.6 Å². The third-order valence-electron chi connectivity index (χ3n) is 4.40. The number of amides is 1. The van der Waals surface area contributed by atoms with Crippen LogP contribution in [0.15, 0.2) is 54.6 Å². The van der Waals surface area contributed by atoms with E-state index in [0.29, 0.717) is 31.4 Å². The van der Waals surface area contributed by atoms with E-state index in [1.165, 1.54) is 17.7 Å². The summed E-state index contributed by atoms with van der Waals surface area (Å²) in [6.07, 6.45) is 1.08. The van der Waals surface area contributed by atoms with Crippen LogP contribution in [0.1, 0.15) is 17.9 Å². The van der Waals surface area contributed by atoms with E-state index in [9.17, 15) is 9.18 Å². The molecule has 1 amide bonds. The third kappa shape index (κ3) is 5.29. The highest BCUT2D eigenvalue weighted by molar-refractivity contribution is 5.78. The minimum absolute atomic E-state index is 0.00319. The van der Waals surface area contributed by atoms with Gasteiger partial charge in [0.25, 0.3) is 0 Å². The number of halogens is 1. The molecule has 3 rings (SSSR count). The normalized spacial score (nSPS) is 17.4. The van der Waals surface area contributed by atoms with Gasteiger partial charge < -0.3 is 10.1 Å². The van der Waals surface area contributed by atoms with Crippen LogP contribution in [0.5, 0.6) is 5.75 Å². The highest BCUT2D eigenvalue weighted by Gasteiger charge is 2.24. The van der Waals surface area contributed by atoms with Gasteiger partial charge in [0.1, 0.15) is 18.2 Å². The Bertz CT molecular complexity index is 693. The summed E-state index contributed by atoms with van der Waals surface area (Å²) < 4.78 is 18.4. The number of rotatable bonds is 7. The molecule has 2 aromatic rings. The number of carbonyl (C=O) groups excluding carboxylic acids is 1. The molecular formula is C20H23FN2O2. The Morgan fingerprint density at radius 2 is 2.04 bits per heavy atom. The Kier molecular flexibility index (Phi) is 6.01. The van der Waals surface area contributed by atoms with Crippen molar-refractivity contribution in [1.29, 1.82) is 0 Å². The Morgan fingerprint density at radius 3 is 2.84 bits per heavy atom. The molecule has 1 aliphatic rings. The maximum atomic E-state index is 13.0. The molecule has 1 fully saturated rings. The molecule has 0 unspecified atom stereocenters. The summed E-state index contributed by atoms with van der Waals surface area (Å²) in [4.78, 5) is 14.2. The van der Waals surface area contributed by atoms with Gasteiger partial charge in [-0.3, -0.25) is 9.69 Å². The van der Waals surface area contributed by atoms with Crippen LogP contribution in [0, 0.1) is 5.82 Å². The number of carbonyl (C=O) groups is 1. The number of hydrogen-bond acceptors (Lipinski definition) is 3. The zero-order valence-corrected chi connectivity index (χ0v) is 14.2. The van der Waals surface area contributed by atoms with Crippen LogP contribution in [-0.2, 0) is 4.79 Å². The predicted molar refractivity (Wildman–Crippen MR) is 95.1 cm³/mol. The van der Waals surface area contributed by atoms with Crippen molar-refractivity contribution in [2.24, 2.45) is 0 Å². The van der Waals surface area contributed by atoms with E-state index >= 15 is 0 Å². The van der Waals surface area contributed by atoms with Crippen molar-refractivity contribution < 1.29 is 13.9 Å².